The largest absolute Gasteiger partial charge is 0.506 e. The van der Waals surface area contributed by atoms with Crippen LogP contribution in [0.1, 0.15) is 25.7 Å². The zero-order valence-corrected chi connectivity index (χ0v) is 10.9. The van der Waals surface area contributed by atoms with Gasteiger partial charge < -0.3 is 15.3 Å². The molecule has 1 saturated heterocycles. The van der Waals surface area contributed by atoms with Gasteiger partial charge in [0.15, 0.2) is 0 Å². The molecule has 0 unspecified atom stereocenters. The highest BCUT2D eigenvalue weighted by Gasteiger charge is 2.15. The summed E-state index contributed by atoms with van der Waals surface area (Å²) in [5.74, 6) is 0.0180. The molecule has 98 valence electrons. The Morgan fingerprint density at radius 2 is 1.89 bits per heavy atom. The van der Waals surface area contributed by atoms with Crippen molar-refractivity contribution in [2.45, 2.75) is 25.7 Å². The number of hydrogen-bond acceptors (Lipinski definition) is 2. The monoisotopic (exact) mass is 268 g/mol. The van der Waals surface area contributed by atoms with Crippen LogP contribution in [0.25, 0.3) is 0 Å². The van der Waals surface area contributed by atoms with E-state index in [4.69, 9.17) is 11.6 Å². The zero-order valence-electron chi connectivity index (χ0n) is 10.2. The lowest BCUT2D eigenvalue weighted by Crippen LogP contribution is -2.35. The molecule has 1 aromatic carbocycles. The molecular formula is C13H17ClN2O2. The first-order valence-corrected chi connectivity index (χ1v) is 6.59. The summed E-state index contributed by atoms with van der Waals surface area (Å²) in [7, 11) is 0. The molecule has 2 rings (SSSR count). The first-order valence-electron chi connectivity index (χ1n) is 6.21. The Bertz CT molecular complexity index is 429. The second-order valence-electron chi connectivity index (χ2n) is 4.50. The third kappa shape index (κ3) is 3.29. The summed E-state index contributed by atoms with van der Waals surface area (Å²) < 4.78 is 0. The molecule has 4 nitrogen and oxygen atoms in total. The van der Waals surface area contributed by atoms with E-state index in [-0.39, 0.29) is 16.8 Å². The van der Waals surface area contributed by atoms with Crippen molar-refractivity contribution in [3.63, 3.8) is 0 Å². The lowest BCUT2D eigenvalue weighted by Gasteiger charge is -2.20. The summed E-state index contributed by atoms with van der Waals surface area (Å²) in [5.41, 5.74) is 0.604. The van der Waals surface area contributed by atoms with Crippen molar-refractivity contribution >= 4 is 23.3 Å². The number of hydrogen-bond donors (Lipinski definition) is 2. The van der Waals surface area contributed by atoms with Gasteiger partial charge in [-0.05, 0) is 31.0 Å². The van der Waals surface area contributed by atoms with Crippen LogP contribution in [0.15, 0.2) is 18.2 Å². The fourth-order valence-electron chi connectivity index (χ4n) is 2.06. The molecule has 0 spiro atoms. The molecule has 1 fully saturated rings. The average Bonchev–Trinajstić information content (AvgIpc) is 2.62. The second-order valence-corrected chi connectivity index (χ2v) is 4.90. The summed E-state index contributed by atoms with van der Waals surface area (Å²) in [6.07, 6.45) is 4.50. The molecule has 1 aliphatic rings. The molecule has 0 bridgehead atoms. The van der Waals surface area contributed by atoms with Crippen LogP contribution in [-0.4, -0.2) is 29.1 Å². The molecule has 1 aromatic rings. The number of carbonyl (C=O) groups is 1. The Balaban J connectivity index is 1.99. The van der Waals surface area contributed by atoms with Crippen LogP contribution in [0.2, 0.25) is 5.02 Å². The number of nitrogens with one attached hydrogen (secondary N) is 1. The van der Waals surface area contributed by atoms with Crippen LogP contribution in [0.5, 0.6) is 5.75 Å². The topological polar surface area (TPSA) is 52.6 Å². The van der Waals surface area contributed by atoms with Gasteiger partial charge in [-0.25, -0.2) is 4.79 Å². The maximum atomic E-state index is 12.0. The standard InChI is InChI=1S/C13H17ClN2O2/c14-11-9-10(5-6-12(11)17)15-13(18)16-7-3-1-2-4-8-16/h5-6,9,17H,1-4,7-8H2,(H,15,18). The highest BCUT2D eigenvalue weighted by Crippen LogP contribution is 2.26. The summed E-state index contributed by atoms with van der Waals surface area (Å²) in [4.78, 5) is 13.9. The molecule has 0 radical (unpaired) electrons. The zero-order chi connectivity index (χ0) is 13.0. The van der Waals surface area contributed by atoms with Crippen molar-refractivity contribution < 1.29 is 9.90 Å². The first-order chi connectivity index (χ1) is 8.66. The van der Waals surface area contributed by atoms with E-state index in [1.54, 1.807) is 12.1 Å². The van der Waals surface area contributed by atoms with Crippen molar-refractivity contribution in [1.29, 1.82) is 0 Å². The van der Waals surface area contributed by atoms with Crippen molar-refractivity contribution in [2.75, 3.05) is 18.4 Å². The number of carbonyl (C=O) groups excluding carboxylic acids is 1. The number of urea groups is 1. The summed E-state index contributed by atoms with van der Waals surface area (Å²) >= 11 is 5.79. The molecule has 2 N–H and O–H groups in total. The van der Waals surface area contributed by atoms with E-state index < -0.39 is 0 Å². The summed E-state index contributed by atoms with van der Waals surface area (Å²) in [6.45, 7) is 1.61. The number of aromatic hydroxyl groups is 1. The minimum absolute atomic E-state index is 0.0180. The number of phenols is 1. The highest BCUT2D eigenvalue weighted by molar-refractivity contribution is 6.32. The van der Waals surface area contributed by atoms with Gasteiger partial charge in [-0.2, -0.15) is 0 Å². The molecule has 0 atom stereocenters. The van der Waals surface area contributed by atoms with Crippen molar-refractivity contribution in [3.05, 3.63) is 23.2 Å². The predicted octanol–water partition coefficient (Wildman–Crippen LogP) is 3.45. The van der Waals surface area contributed by atoms with E-state index in [0.29, 0.717) is 5.69 Å². The number of nitrogens with zero attached hydrogens (tertiary/aromatic N) is 1. The molecule has 1 aliphatic heterocycles. The van der Waals surface area contributed by atoms with Gasteiger partial charge in [-0.15, -0.1) is 0 Å². The minimum atomic E-state index is -0.0985. The Kier molecular flexibility index (Phi) is 4.31. The normalized spacial score (nSPS) is 16.2. The minimum Gasteiger partial charge on any atom is -0.506 e. The van der Waals surface area contributed by atoms with E-state index in [1.807, 2.05) is 4.90 Å². The van der Waals surface area contributed by atoms with Crippen LogP contribution in [0.4, 0.5) is 10.5 Å². The predicted molar refractivity (Wildman–Crippen MR) is 72.2 cm³/mol. The summed E-state index contributed by atoms with van der Waals surface area (Å²) in [5, 5.41) is 12.3. The summed E-state index contributed by atoms with van der Waals surface area (Å²) in [6, 6.07) is 4.56. The number of amides is 2. The number of rotatable bonds is 1. The fraction of sp³-hybridized carbons (Fsp3) is 0.462. The molecule has 18 heavy (non-hydrogen) atoms. The van der Waals surface area contributed by atoms with E-state index in [0.717, 1.165) is 25.9 Å². The quantitative estimate of drug-likeness (QED) is 0.767. The fourth-order valence-corrected chi connectivity index (χ4v) is 2.24. The number of phenolic OH excluding ortho intramolecular Hbond substituents is 1. The molecular weight excluding hydrogens is 252 g/mol. The Morgan fingerprint density at radius 3 is 2.50 bits per heavy atom. The Morgan fingerprint density at radius 1 is 1.22 bits per heavy atom. The van der Waals surface area contributed by atoms with Crippen LogP contribution in [0.3, 0.4) is 0 Å². The third-order valence-electron chi connectivity index (χ3n) is 3.09. The molecule has 1 heterocycles. The Hall–Kier alpha value is -1.42. The van der Waals surface area contributed by atoms with E-state index >= 15 is 0 Å². The molecule has 0 aliphatic carbocycles. The first kappa shape index (κ1) is 13.0. The van der Waals surface area contributed by atoms with Crippen LogP contribution in [-0.2, 0) is 0 Å². The van der Waals surface area contributed by atoms with Gasteiger partial charge in [0.1, 0.15) is 5.75 Å². The second kappa shape index (κ2) is 5.96. The van der Waals surface area contributed by atoms with E-state index in [1.165, 1.54) is 18.9 Å². The van der Waals surface area contributed by atoms with Gasteiger partial charge >= 0.3 is 6.03 Å². The maximum Gasteiger partial charge on any atom is 0.321 e. The van der Waals surface area contributed by atoms with Gasteiger partial charge in [0.25, 0.3) is 0 Å². The number of benzene rings is 1. The maximum absolute atomic E-state index is 12.0. The Labute approximate surface area is 112 Å². The van der Waals surface area contributed by atoms with Crippen LogP contribution < -0.4 is 5.32 Å². The van der Waals surface area contributed by atoms with Gasteiger partial charge in [-0.3, -0.25) is 0 Å². The molecule has 2 amide bonds. The van der Waals surface area contributed by atoms with Gasteiger partial charge in [0, 0.05) is 18.8 Å². The van der Waals surface area contributed by atoms with E-state index in [2.05, 4.69) is 5.32 Å². The van der Waals surface area contributed by atoms with Gasteiger partial charge in [0.05, 0.1) is 5.02 Å². The SMILES string of the molecule is O=C(Nc1ccc(O)c(Cl)c1)N1CCCCCC1. The van der Waals surface area contributed by atoms with Gasteiger partial charge in [-0.1, -0.05) is 24.4 Å². The molecule has 5 heteroatoms. The average molecular weight is 269 g/mol. The van der Waals surface area contributed by atoms with Crippen molar-refractivity contribution in [3.8, 4) is 5.75 Å². The lowest BCUT2D eigenvalue weighted by molar-refractivity contribution is 0.214. The van der Waals surface area contributed by atoms with Crippen molar-refractivity contribution in [1.82, 2.24) is 4.90 Å². The third-order valence-corrected chi connectivity index (χ3v) is 3.39. The smallest absolute Gasteiger partial charge is 0.321 e. The van der Waals surface area contributed by atoms with Gasteiger partial charge in [0.2, 0.25) is 0 Å². The highest BCUT2D eigenvalue weighted by atomic mass is 35.5. The number of likely N-dealkylation sites (tertiary alicyclic amines) is 1. The lowest BCUT2D eigenvalue weighted by atomic mass is 10.2. The number of anilines is 1. The number of halogens is 1. The van der Waals surface area contributed by atoms with Crippen LogP contribution >= 0.6 is 11.6 Å². The van der Waals surface area contributed by atoms with Crippen molar-refractivity contribution in [2.24, 2.45) is 0 Å². The van der Waals surface area contributed by atoms with E-state index in [9.17, 15) is 9.90 Å². The van der Waals surface area contributed by atoms with Crippen LogP contribution in [0, 0.1) is 0 Å². The molecule has 0 saturated carbocycles. The molecule has 0 aromatic heterocycles.